The Balaban J connectivity index is 0.000000159. The predicted octanol–water partition coefficient (Wildman–Crippen LogP) is 6.36. The van der Waals surface area contributed by atoms with E-state index < -0.39 is 0 Å². The standard InChI is InChI=1S/C17H15N.C9H10O2/c1-12-7-9-14(10-8-12)17-11-13(2)15-5-3-4-6-16(15)18-17;1-7-6-10-8-4-2-3-5-9(8)11-7/h3-11H,1-2H3;2-5,7H,6H2,1H3. The minimum absolute atomic E-state index is 0.171. The number of ether oxygens (including phenoxy) is 2. The number of aryl methyl sites for hydroxylation is 2. The molecule has 1 aliphatic heterocycles. The smallest absolute Gasteiger partial charge is 0.161 e. The minimum Gasteiger partial charge on any atom is -0.486 e. The van der Waals surface area contributed by atoms with E-state index in [1.807, 2.05) is 37.3 Å². The van der Waals surface area contributed by atoms with Gasteiger partial charge in [0.25, 0.3) is 0 Å². The van der Waals surface area contributed by atoms with Gasteiger partial charge in [0.15, 0.2) is 11.5 Å². The van der Waals surface area contributed by atoms with Crippen LogP contribution in [0.5, 0.6) is 11.5 Å². The fourth-order valence-electron chi connectivity index (χ4n) is 3.35. The molecule has 146 valence electrons. The molecule has 0 spiro atoms. The quantitative estimate of drug-likeness (QED) is 0.383. The summed E-state index contributed by atoms with van der Waals surface area (Å²) in [5, 5.41) is 1.23. The SMILES string of the molecule is CC1COc2ccccc2O1.Cc1ccc(-c2cc(C)c3ccccc3n2)cc1. The third-order valence-corrected chi connectivity index (χ3v) is 4.92. The van der Waals surface area contributed by atoms with Crippen molar-refractivity contribution in [3.63, 3.8) is 0 Å². The van der Waals surface area contributed by atoms with Crippen LogP contribution in [0.1, 0.15) is 18.1 Å². The van der Waals surface area contributed by atoms with Crippen molar-refractivity contribution in [3.05, 3.63) is 90.0 Å². The van der Waals surface area contributed by atoms with Gasteiger partial charge in [-0.15, -0.1) is 0 Å². The van der Waals surface area contributed by atoms with Crippen molar-refractivity contribution in [2.24, 2.45) is 0 Å². The van der Waals surface area contributed by atoms with Crippen molar-refractivity contribution in [1.82, 2.24) is 4.98 Å². The normalized spacial score (nSPS) is 14.8. The number of fused-ring (bicyclic) bond motifs is 2. The minimum atomic E-state index is 0.171. The lowest BCUT2D eigenvalue weighted by Gasteiger charge is -2.23. The van der Waals surface area contributed by atoms with Crippen molar-refractivity contribution in [3.8, 4) is 22.8 Å². The zero-order valence-corrected chi connectivity index (χ0v) is 17.1. The molecule has 3 aromatic carbocycles. The summed E-state index contributed by atoms with van der Waals surface area (Å²) in [5.74, 6) is 1.71. The molecule has 0 radical (unpaired) electrons. The summed E-state index contributed by atoms with van der Waals surface area (Å²) in [5.41, 5.74) is 5.83. The lowest BCUT2D eigenvalue weighted by Crippen LogP contribution is -2.25. The van der Waals surface area contributed by atoms with Gasteiger partial charge in [0.1, 0.15) is 12.7 Å². The van der Waals surface area contributed by atoms with E-state index in [2.05, 4.69) is 62.4 Å². The van der Waals surface area contributed by atoms with Gasteiger partial charge < -0.3 is 9.47 Å². The zero-order chi connectivity index (χ0) is 20.2. The van der Waals surface area contributed by atoms with E-state index in [1.54, 1.807) is 0 Å². The van der Waals surface area contributed by atoms with Gasteiger partial charge in [0, 0.05) is 10.9 Å². The van der Waals surface area contributed by atoms with Crippen molar-refractivity contribution in [2.45, 2.75) is 26.9 Å². The molecule has 0 saturated carbocycles. The molecule has 0 aliphatic carbocycles. The number of pyridine rings is 1. The maximum atomic E-state index is 5.51. The van der Waals surface area contributed by atoms with Gasteiger partial charge in [-0.1, -0.05) is 60.2 Å². The summed E-state index contributed by atoms with van der Waals surface area (Å²) in [4.78, 5) is 4.74. The van der Waals surface area contributed by atoms with Gasteiger partial charge in [-0.05, 0) is 50.6 Å². The highest BCUT2D eigenvalue weighted by Crippen LogP contribution is 2.30. The average Bonchev–Trinajstić information content (AvgIpc) is 2.74. The molecule has 3 heteroatoms. The van der Waals surface area contributed by atoms with Crippen LogP contribution in [0.15, 0.2) is 78.9 Å². The van der Waals surface area contributed by atoms with Gasteiger partial charge in [-0.3, -0.25) is 0 Å². The van der Waals surface area contributed by atoms with Crippen LogP contribution in [-0.4, -0.2) is 17.7 Å². The van der Waals surface area contributed by atoms with Crippen molar-refractivity contribution < 1.29 is 9.47 Å². The fourth-order valence-corrected chi connectivity index (χ4v) is 3.35. The monoisotopic (exact) mass is 383 g/mol. The van der Waals surface area contributed by atoms with E-state index in [0.29, 0.717) is 6.61 Å². The Labute approximate surface area is 171 Å². The van der Waals surface area contributed by atoms with Crippen molar-refractivity contribution in [1.29, 1.82) is 0 Å². The molecule has 5 rings (SSSR count). The van der Waals surface area contributed by atoms with Crippen LogP contribution in [0.4, 0.5) is 0 Å². The second-order valence-corrected chi connectivity index (χ2v) is 7.39. The van der Waals surface area contributed by atoms with Crippen LogP contribution < -0.4 is 9.47 Å². The van der Waals surface area contributed by atoms with Crippen molar-refractivity contribution >= 4 is 10.9 Å². The Morgan fingerprint density at radius 3 is 2.31 bits per heavy atom. The first-order valence-electron chi connectivity index (χ1n) is 9.92. The van der Waals surface area contributed by atoms with Crippen LogP contribution in [0.3, 0.4) is 0 Å². The van der Waals surface area contributed by atoms with Gasteiger partial charge >= 0.3 is 0 Å². The molecule has 1 aliphatic rings. The lowest BCUT2D eigenvalue weighted by atomic mass is 10.0. The molecule has 4 aromatic rings. The summed E-state index contributed by atoms with van der Waals surface area (Å²) in [6, 6.07) is 26.7. The van der Waals surface area contributed by atoms with Crippen LogP contribution in [0.2, 0.25) is 0 Å². The maximum Gasteiger partial charge on any atom is 0.161 e. The lowest BCUT2D eigenvalue weighted by molar-refractivity contribution is 0.104. The second-order valence-electron chi connectivity index (χ2n) is 7.39. The number of hydrogen-bond acceptors (Lipinski definition) is 3. The average molecular weight is 383 g/mol. The third kappa shape index (κ3) is 4.40. The topological polar surface area (TPSA) is 31.4 Å². The molecule has 1 aromatic heterocycles. The van der Waals surface area contributed by atoms with Crippen LogP contribution >= 0.6 is 0 Å². The molecule has 1 atom stereocenters. The number of aromatic nitrogens is 1. The number of benzene rings is 3. The number of nitrogens with zero attached hydrogens (tertiary/aromatic N) is 1. The summed E-state index contributed by atoms with van der Waals surface area (Å²) < 4.78 is 10.9. The number of para-hydroxylation sites is 3. The Hall–Kier alpha value is -3.33. The Morgan fingerprint density at radius 1 is 0.828 bits per heavy atom. The van der Waals surface area contributed by atoms with Gasteiger partial charge in [-0.2, -0.15) is 0 Å². The predicted molar refractivity (Wildman–Crippen MR) is 119 cm³/mol. The molecule has 1 unspecified atom stereocenters. The number of hydrogen-bond donors (Lipinski definition) is 0. The molecule has 29 heavy (non-hydrogen) atoms. The van der Waals surface area contributed by atoms with Crippen LogP contribution in [0, 0.1) is 13.8 Å². The number of rotatable bonds is 1. The van der Waals surface area contributed by atoms with E-state index in [1.165, 1.54) is 22.1 Å². The fraction of sp³-hybridized carbons (Fsp3) is 0.192. The second kappa shape index (κ2) is 8.36. The summed E-state index contributed by atoms with van der Waals surface area (Å²) in [6.07, 6.45) is 0.171. The molecular weight excluding hydrogens is 358 g/mol. The third-order valence-electron chi connectivity index (χ3n) is 4.92. The highest BCUT2D eigenvalue weighted by molar-refractivity contribution is 5.84. The molecule has 0 amide bonds. The summed E-state index contributed by atoms with van der Waals surface area (Å²) in [6.45, 7) is 6.89. The van der Waals surface area contributed by atoms with Gasteiger partial charge in [0.05, 0.1) is 11.2 Å². The Bertz CT molecular complexity index is 1120. The molecule has 0 N–H and O–H groups in total. The van der Waals surface area contributed by atoms with Crippen LogP contribution in [-0.2, 0) is 0 Å². The molecule has 3 nitrogen and oxygen atoms in total. The zero-order valence-electron chi connectivity index (χ0n) is 17.1. The molecular formula is C26H25NO2. The highest BCUT2D eigenvalue weighted by atomic mass is 16.6. The van der Waals surface area contributed by atoms with Crippen LogP contribution in [0.25, 0.3) is 22.2 Å². The summed E-state index contributed by atoms with van der Waals surface area (Å²) >= 11 is 0. The molecule has 0 bridgehead atoms. The van der Waals surface area contributed by atoms with Gasteiger partial charge in [-0.25, -0.2) is 4.98 Å². The first kappa shape index (κ1) is 19.0. The van der Waals surface area contributed by atoms with Gasteiger partial charge in [0.2, 0.25) is 0 Å². The highest BCUT2D eigenvalue weighted by Gasteiger charge is 2.15. The van der Waals surface area contributed by atoms with Crippen molar-refractivity contribution in [2.75, 3.05) is 6.61 Å². The van der Waals surface area contributed by atoms with E-state index in [4.69, 9.17) is 14.5 Å². The van der Waals surface area contributed by atoms with E-state index >= 15 is 0 Å². The van der Waals surface area contributed by atoms with E-state index in [0.717, 1.165) is 22.7 Å². The first-order valence-corrected chi connectivity index (χ1v) is 9.92. The summed E-state index contributed by atoms with van der Waals surface area (Å²) in [7, 11) is 0. The van der Waals surface area contributed by atoms with E-state index in [9.17, 15) is 0 Å². The maximum absolute atomic E-state index is 5.51. The molecule has 0 saturated heterocycles. The molecule has 0 fully saturated rings. The molecule has 2 heterocycles. The largest absolute Gasteiger partial charge is 0.486 e. The van der Waals surface area contributed by atoms with E-state index in [-0.39, 0.29) is 6.10 Å². The Morgan fingerprint density at radius 2 is 1.52 bits per heavy atom. The Kier molecular flexibility index (Phi) is 5.48. The first-order chi connectivity index (χ1) is 14.1.